The number of halogens is 1. The van der Waals surface area contributed by atoms with E-state index < -0.39 is 83.6 Å². The quantitative estimate of drug-likeness (QED) is 0.133. The first-order chi connectivity index (χ1) is 21.3. The number of imidazole rings is 2. The molecule has 0 aliphatic carbocycles. The first-order valence-electron chi connectivity index (χ1n) is 12.9. The van der Waals surface area contributed by atoms with Crippen molar-refractivity contribution in [3.63, 3.8) is 0 Å². The number of nitrogens with one attached hydrogen (secondary N) is 1. The summed E-state index contributed by atoms with van der Waals surface area (Å²) in [5.41, 5.74) is 10.6. The number of ether oxygens (including phenoxy) is 2. The standard InChI is InChI=1S/C20H23FN10O12P2/c21-8-12-7(41-18(8)30-4-26-9-14(22)24-3-25-15(9)30)2-39-45(36,37)43-13-11(32)6(1-38-44(34,35)42-12)40-19(13)31-5-27-10-16(31)28-20(23)29-17(10)33/h3-8,11-13,18-19,32H,1-2H2,(H,34,35)(H,36,37)(H2,22,24,25)(H3,23,28,29,33)/t6?,7?,8-,11-,12-,13-,18-,19-/m1/s1. The van der Waals surface area contributed by atoms with Crippen LogP contribution in [0.3, 0.4) is 0 Å². The first kappa shape index (κ1) is 30.2. The number of aromatic amines is 1. The number of hydrogen-bond acceptors (Lipinski definition) is 17. The van der Waals surface area contributed by atoms with Crippen molar-refractivity contribution in [3.8, 4) is 0 Å². The topological polar surface area (TPSA) is 309 Å². The predicted molar refractivity (Wildman–Crippen MR) is 142 cm³/mol. The molecule has 4 aromatic rings. The van der Waals surface area contributed by atoms with E-state index >= 15 is 4.39 Å². The number of nitrogen functional groups attached to an aromatic ring is 2. The number of hydrogen-bond donors (Lipinski definition) is 6. The van der Waals surface area contributed by atoms with Crippen LogP contribution in [0.1, 0.15) is 12.5 Å². The van der Waals surface area contributed by atoms with Crippen molar-refractivity contribution < 1.29 is 56.0 Å². The second kappa shape index (κ2) is 10.8. The van der Waals surface area contributed by atoms with Gasteiger partial charge in [-0.1, -0.05) is 0 Å². The minimum absolute atomic E-state index is 0.00648. The van der Waals surface area contributed by atoms with Gasteiger partial charge in [-0.05, 0) is 0 Å². The van der Waals surface area contributed by atoms with Gasteiger partial charge < -0.3 is 35.8 Å². The minimum atomic E-state index is -5.15. The van der Waals surface area contributed by atoms with Crippen molar-refractivity contribution in [3.05, 3.63) is 29.3 Å². The smallest absolute Gasteiger partial charge is 0.387 e. The third-order valence-corrected chi connectivity index (χ3v) is 9.25. The Morgan fingerprint density at radius 1 is 0.889 bits per heavy atom. The van der Waals surface area contributed by atoms with Crippen LogP contribution in [-0.4, -0.2) is 104 Å². The van der Waals surface area contributed by atoms with Gasteiger partial charge in [-0.2, -0.15) is 4.98 Å². The number of rotatable bonds is 2. The lowest BCUT2D eigenvalue weighted by atomic mass is 10.1. The zero-order chi connectivity index (χ0) is 31.8. The zero-order valence-electron chi connectivity index (χ0n) is 22.3. The highest BCUT2D eigenvalue weighted by Gasteiger charge is 2.54. The summed E-state index contributed by atoms with van der Waals surface area (Å²) in [5.74, 6) is -0.301. The largest absolute Gasteiger partial charge is 0.472 e. The Morgan fingerprint density at radius 2 is 1.51 bits per heavy atom. The van der Waals surface area contributed by atoms with Crippen LogP contribution in [-0.2, 0) is 36.7 Å². The van der Waals surface area contributed by atoms with Crippen molar-refractivity contribution >= 4 is 49.7 Å². The lowest BCUT2D eigenvalue weighted by Gasteiger charge is -2.25. The molecule has 0 aromatic carbocycles. The van der Waals surface area contributed by atoms with Gasteiger partial charge in [0.15, 0.2) is 41.3 Å². The summed E-state index contributed by atoms with van der Waals surface area (Å²) in [5, 5.41) is 11.0. The fraction of sp³-hybridized carbons (Fsp3) is 0.500. The van der Waals surface area contributed by atoms with E-state index in [1.807, 2.05) is 0 Å². The van der Waals surface area contributed by atoms with Gasteiger partial charge in [0, 0.05) is 0 Å². The molecule has 0 amide bonds. The van der Waals surface area contributed by atoms with E-state index in [2.05, 4.69) is 29.9 Å². The summed E-state index contributed by atoms with van der Waals surface area (Å²) in [7, 11) is -10.3. The van der Waals surface area contributed by atoms with Gasteiger partial charge in [0.05, 0.1) is 25.9 Å². The Hall–Kier alpha value is -3.47. The Morgan fingerprint density at radius 3 is 2.24 bits per heavy atom. The molecule has 8 N–H and O–H groups in total. The fourth-order valence-corrected chi connectivity index (χ4v) is 7.15. The number of nitrogens with zero attached hydrogens (tertiary/aromatic N) is 7. The van der Waals surface area contributed by atoms with Gasteiger partial charge in [-0.3, -0.25) is 37.0 Å². The summed E-state index contributed by atoms with van der Waals surface area (Å²) in [6.07, 6.45) is -10.5. The maximum absolute atomic E-state index is 15.9. The Kier molecular flexibility index (Phi) is 7.26. The van der Waals surface area contributed by atoms with E-state index in [1.54, 1.807) is 0 Å². The highest BCUT2D eigenvalue weighted by Crippen LogP contribution is 2.54. The number of aliphatic hydroxyl groups excluding tert-OH is 1. The summed E-state index contributed by atoms with van der Waals surface area (Å²) in [4.78, 5) is 55.5. The van der Waals surface area contributed by atoms with Gasteiger partial charge >= 0.3 is 15.6 Å². The van der Waals surface area contributed by atoms with E-state index in [0.29, 0.717) is 0 Å². The molecule has 0 saturated carbocycles. The zero-order valence-corrected chi connectivity index (χ0v) is 24.1. The molecule has 2 bridgehead atoms. The molecular weight excluding hydrogens is 653 g/mol. The van der Waals surface area contributed by atoms with Gasteiger partial charge in [-0.25, -0.2) is 33.5 Å². The minimum Gasteiger partial charge on any atom is -0.387 e. The molecule has 22 nitrogen and oxygen atoms in total. The highest BCUT2D eigenvalue weighted by atomic mass is 31.2. The van der Waals surface area contributed by atoms with Gasteiger partial charge in [0.1, 0.15) is 42.4 Å². The highest BCUT2D eigenvalue weighted by molar-refractivity contribution is 7.47. The molecule has 7 rings (SSSR count). The molecule has 0 radical (unpaired) electrons. The van der Waals surface area contributed by atoms with E-state index in [0.717, 1.165) is 28.1 Å². The molecule has 45 heavy (non-hydrogen) atoms. The maximum atomic E-state index is 15.9. The molecule has 25 heteroatoms. The molecule has 242 valence electrons. The van der Waals surface area contributed by atoms with Gasteiger partial charge in [-0.15, -0.1) is 0 Å². The number of phosphoric acid groups is 2. The van der Waals surface area contributed by atoms with Crippen molar-refractivity contribution in [1.82, 2.24) is 39.0 Å². The van der Waals surface area contributed by atoms with Crippen molar-refractivity contribution in [2.75, 3.05) is 24.7 Å². The predicted octanol–water partition coefficient (Wildman–Crippen LogP) is -1.36. The van der Waals surface area contributed by atoms with Crippen LogP contribution in [0.15, 0.2) is 23.8 Å². The molecule has 7 heterocycles. The molecular formula is C20H23FN10O12P2. The van der Waals surface area contributed by atoms with Gasteiger partial charge in [0.2, 0.25) is 5.95 Å². The number of nitrogens with two attached hydrogens (primary N) is 2. The third kappa shape index (κ3) is 5.30. The van der Waals surface area contributed by atoms with E-state index in [1.165, 1.54) is 0 Å². The number of anilines is 2. The van der Waals surface area contributed by atoms with Gasteiger partial charge in [0.25, 0.3) is 5.56 Å². The first-order valence-corrected chi connectivity index (χ1v) is 15.9. The van der Waals surface area contributed by atoms with Crippen LogP contribution in [0.4, 0.5) is 16.2 Å². The van der Waals surface area contributed by atoms with Crippen LogP contribution in [0, 0.1) is 0 Å². The lowest BCUT2D eigenvalue weighted by molar-refractivity contribution is -0.0670. The van der Waals surface area contributed by atoms with Crippen molar-refractivity contribution in [1.29, 1.82) is 0 Å². The second-order valence-corrected chi connectivity index (χ2v) is 12.9. The number of fused-ring (bicyclic) bond motifs is 5. The maximum Gasteiger partial charge on any atom is 0.472 e. The molecule has 0 spiro atoms. The SMILES string of the molecule is Nc1nc2c(ncn2[C@@H]2OC3COP(=O)(O)O[C@@H]4C(COP(=O)(O)O[C@@H]2[C@@H]3O)O[C@@H](n2cnc3c(N)ncnc32)[C@@H]4F)c(=O)[nH]1. The van der Waals surface area contributed by atoms with E-state index in [-0.39, 0.29) is 34.1 Å². The van der Waals surface area contributed by atoms with Crippen LogP contribution < -0.4 is 17.0 Å². The average Bonchev–Trinajstić information content (AvgIpc) is 3.72. The number of aliphatic hydroxyl groups is 1. The summed E-state index contributed by atoms with van der Waals surface area (Å²) in [6, 6.07) is 0. The van der Waals surface area contributed by atoms with Crippen LogP contribution >= 0.6 is 15.6 Å². The van der Waals surface area contributed by atoms with Crippen molar-refractivity contribution in [2.24, 2.45) is 0 Å². The van der Waals surface area contributed by atoms with Crippen LogP contribution in [0.25, 0.3) is 22.3 Å². The van der Waals surface area contributed by atoms with Crippen LogP contribution in [0.2, 0.25) is 0 Å². The molecule has 3 aliphatic rings. The molecule has 3 fully saturated rings. The fourth-order valence-electron chi connectivity index (χ4n) is 5.26. The lowest BCUT2D eigenvalue weighted by Crippen LogP contribution is -2.35. The van der Waals surface area contributed by atoms with Crippen LogP contribution in [0.5, 0.6) is 0 Å². The van der Waals surface area contributed by atoms with E-state index in [9.17, 15) is 28.8 Å². The number of alkyl halides is 1. The average molecular weight is 676 g/mol. The normalized spacial score (nSPS) is 37.7. The Labute approximate surface area is 248 Å². The summed E-state index contributed by atoms with van der Waals surface area (Å²) < 4.78 is 76.3. The Bertz CT molecular complexity index is 1940. The third-order valence-electron chi connectivity index (χ3n) is 7.28. The summed E-state index contributed by atoms with van der Waals surface area (Å²) >= 11 is 0. The van der Waals surface area contributed by atoms with E-state index in [4.69, 9.17) is 39.0 Å². The number of H-pyrrole nitrogens is 1. The second-order valence-electron chi connectivity index (χ2n) is 10.1. The van der Waals surface area contributed by atoms with Crippen molar-refractivity contribution in [2.45, 2.75) is 49.1 Å². The summed E-state index contributed by atoms with van der Waals surface area (Å²) in [6.45, 7) is -1.77. The number of phosphoric ester groups is 2. The molecule has 4 aromatic heterocycles. The molecule has 3 saturated heterocycles. The number of aromatic nitrogens is 8. The molecule has 4 unspecified atom stereocenters. The monoisotopic (exact) mass is 676 g/mol. The molecule has 10 atom stereocenters. The molecule has 3 aliphatic heterocycles. The Balaban J connectivity index is 1.21.